The number of carboxylic acids is 1. The highest BCUT2D eigenvalue weighted by atomic mass is 16.4. The van der Waals surface area contributed by atoms with Crippen LogP contribution in [0.15, 0.2) is 6.20 Å². The molecule has 0 aliphatic heterocycles. The first kappa shape index (κ1) is 16.1. The fraction of sp³-hybridized carbons (Fsp3) is 0.667. The van der Waals surface area contributed by atoms with Gasteiger partial charge in [0, 0.05) is 13.1 Å². The minimum atomic E-state index is -1.10. The SMILES string of the molecule is CC(C)CNC(=O)CN(C)CCn1cc(C(=O)O)nn1. The van der Waals surface area contributed by atoms with Crippen molar-refractivity contribution in [1.29, 1.82) is 0 Å². The van der Waals surface area contributed by atoms with E-state index in [1.807, 2.05) is 25.8 Å². The molecule has 0 radical (unpaired) electrons. The Morgan fingerprint density at radius 1 is 1.50 bits per heavy atom. The van der Waals surface area contributed by atoms with Gasteiger partial charge < -0.3 is 10.4 Å². The lowest BCUT2D eigenvalue weighted by molar-refractivity contribution is -0.122. The third kappa shape index (κ3) is 5.79. The van der Waals surface area contributed by atoms with E-state index in [4.69, 9.17) is 5.11 Å². The van der Waals surface area contributed by atoms with Gasteiger partial charge in [-0.05, 0) is 13.0 Å². The van der Waals surface area contributed by atoms with Crippen molar-refractivity contribution >= 4 is 11.9 Å². The molecule has 0 bridgehead atoms. The van der Waals surface area contributed by atoms with E-state index in [2.05, 4.69) is 15.6 Å². The van der Waals surface area contributed by atoms with Gasteiger partial charge in [-0.25, -0.2) is 4.79 Å². The summed E-state index contributed by atoms with van der Waals surface area (Å²) in [7, 11) is 1.82. The number of amides is 1. The molecule has 112 valence electrons. The first-order valence-electron chi connectivity index (χ1n) is 6.47. The number of rotatable bonds is 8. The van der Waals surface area contributed by atoms with E-state index in [0.717, 1.165) is 0 Å². The fourth-order valence-electron chi connectivity index (χ4n) is 1.48. The summed E-state index contributed by atoms with van der Waals surface area (Å²) in [6.45, 7) is 6.10. The van der Waals surface area contributed by atoms with Crippen LogP contribution in [0.2, 0.25) is 0 Å². The van der Waals surface area contributed by atoms with Crippen LogP contribution in [0.3, 0.4) is 0 Å². The molecule has 2 N–H and O–H groups in total. The van der Waals surface area contributed by atoms with Crippen molar-refractivity contribution in [2.75, 3.05) is 26.7 Å². The Morgan fingerprint density at radius 3 is 2.75 bits per heavy atom. The number of nitrogens with zero attached hydrogens (tertiary/aromatic N) is 4. The van der Waals surface area contributed by atoms with Crippen molar-refractivity contribution in [3.63, 3.8) is 0 Å². The highest BCUT2D eigenvalue weighted by molar-refractivity contribution is 5.84. The maximum Gasteiger partial charge on any atom is 0.358 e. The van der Waals surface area contributed by atoms with Crippen LogP contribution in [0.1, 0.15) is 24.3 Å². The summed E-state index contributed by atoms with van der Waals surface area (Å²) in [6, 6.07) is 0. The zero-order valence-electron chi connectivity index (χ0n) is 12.0. The molecule has 1 aromatic rings. The minimum Gasteiger partial charge on any atom is -0.476 e. The predicted octanol–water partition coefficient (Wildman–Crippen LogP) is -0.320. The smallest absolute Gasteiger partial charge is 0.358 e. The third-order valence-electron chi connectivity index (χ3n) is 2.59. The molecule has 1 rings (SSSR count). The van der Waals surface area contributed by atoms with Gasteiger partial charge in [0.25, 0.3) is 0 Å². The van der Waals surface area contributed by atoms with Crippen LogP contribution in [-0.2, 0) is 11.3 Å². The first-order valence-corrected chi connectivity index (χ1v) is 6.47. The van der Waals surface area contributed by atoms with Crippen LogP contribution in [0, 0.1) is 5.92 Å². The standard InChI is InChI=1S/C12H21N5O3/c1-9(2)6-13-11(18)8-16(3)4-5-17-7-10(12(19)20)14-15-17/h7,9H,4-6,8H2,1-3H3,(H,13,18)(H,19,20). The molecular weight excluding hydrogens is 262 g/mol. The van der Waals surface area contributed by atoms with Crippen LogP contribution in [-0.4, -0.2) is 63.6 Å². The monoisotopic (exact) mass is 283 g/mol. The Hall–Kier alpha value is -1.96. The highest BCUT2D eigenvalue weighted by Crippen LogP contribution is 1.94. The predicted molar refractivity (Wildman–Crippen MR) is 72.3 cm³/mol. The molecule has 0 aromatic carbocycles. The first-order chi connectivity index (χ1) is 9.38. The maximum atomic E-state index is 11.6. The van der Waals surface area contributed by atoms with E-state index in [1.165, 1.54) is 10.9 Å². The normalized spacial score (nSPS) is 11.1. The molecule has 0 unspecified atom stereocenters. The largest absolute Gasteiger partial charge is 0.476 e. The Balaban J connectivity index is 2.30. The lowest BCUT2D eigenvalue weighted by Crippen LogP contribution is -2.38. The van der Waals surface area contributed by atoms with Gasteiger partial charge in [-0.1, -0.05) is 19.1 Å². The van der Waals surface area contributed by atoms with E-state index < -0.39 is 5.97 Å². The van der Waals surface area contributed by atoms with E-state index in [9.17, 15) is 9.59 Å². The van der Waals surface area contributed by atoms with Gasteiger partial charge in [0.05, 0.1) is 19.3 Å². The molecule has 0 saturated heterocycles. The molecule has 0 atom stereocenters. The van der Waals surface area contributed by atoms with Crippen molar-refractivity contribution in [2.45, 2.75) is 20.4 Å². The van der Waals surface area contributed by atoms with Crippen molar-refractivity contribution in [3.05, 3.63) is 11.9 Å². The third-order valence-corrected chi connectivity index (χ3v) is 2.59. The molecule has 0 saturated carbocycles. The number of hydrogen-bond donors (Lipinski definition) is 2. The number of hydrogen-bond acceptors (Lipinski definition) is 5. The van der Waals surface area contributed by atoms with Gasteiger partial charge in [-0.3, -0.25) is 14.4 Å². The number of aromatic nitrogens is 3. The van der Waals surface area contributed by atoms with Crippen molar-refractivity contribution in [1.82, 2.24) is 25.2 Å². The van der Waals surface area contributed by atoms with Gasteiger partial charge in [0.15, 0.2) is 5.69 Å². The average Bonchev–Trinajstić information content (AvgIpc) is 2.83. The van der Waals surface area contributed by atoms with Crippen molar-refractivity contribution in [2.24, 2.45) is 5.92 Å². The van der Waals surface area contributed by atoms with Gasteiger partial charge in [-0.15, -0.1) is 5.10 Å². The Labute approximate surface area is 117 Å². The van der Waals surface area contributed by atoms with Crippen LogP contribution in [0.25, 0.3) is 0 Å². The molecule has 1 aromatic heterocycles. The van der Waals surface area contributed by atoms with Crippen molar-refractivity contribution in [3.8, 4) is 0 Å². The topological polar surface area (TPSA) is 100 Å². The molecule has 0 fully saturated rings. The molecule has 0 aliphatic rings. The second-order valence-corrected chi connectivity index (χ2v) is 5.11. The number of likely N-dealkylation sites (N-methyl/N-ethyl adjacent to an activating group) is 1. The van der Waals surface area contributed by atoms with Crippen LogP contribution < -0.4 is 5.32 Å². The quantitative estimate of drug-likeness (QED) is 0.678. The van der Waals surface area contributed by atoms with E-state index in [0.29, 0.717) is 32.1 Å². The molecule has 1 amide bonds. The number of carboxylic acid groups (broad SMARTS) is 1. The second kappa shape index (κ2) is 7.59. The van der Waals surface area contributed by atoms with Gasteiger partial charge in [0.2, 0.25) is 5.91 Å². The summed E-state index contributed by atoms with van der Waals surface area (Å²) in [5.74, 6) is -0.697. The van der Waals surface area contributed by atoms with Gasteiger partial charge in [0.1, 0.15) is 0 Å². The summed E-state index contributed by atoms with van der Waals surface area (Å²) >= 11 is 0. The number of carbonyl (C=O) groups excluding carboxylic acids is 1. The lowest BCUT2D eigenvalue weighted by atomic mass is 10.2. The molecule has 8 heteroatoms. The highest BCUT2D eigenvalue weighted by Gasteiger charge is 2.10. The van der Waals surface area contributed by atoms with Gasteiger partial charge in [-0.2, -0.15) is 0 Å². The van der Waals surface area contributed by atoms with E-state index in [1.54, 1.807) is 0 Å². The number of aromatic carboxylic acids is 1. The number of nitrogens with one attached hydrogen (secondary N) is 1. The van der Waals surface area contributed by atoms with Crippen LogP contribution >= 0.6 is 0 Å². The molecule has 20 heavy (non-hydrogen) atoms. The molecule has 0 aliphatic carbocycles. The summed E-state index contributed by atoms with van der Waals surface area (Å²) in [4.78, 5) is 24.1. The summed E-state index contributed by atoms with van der Waals surface area (Å²) in [5.41, 5.74) is -0.0812. The Morgan fingerprint density at radius 2 is 2.20 bits per heavy atom. The minimum absolute atomic E-state index is 0.0222. The molecule has 1 heterocycles. The zero-order valence-corrected chi connectivity index (χ0v) is 12.0. The second-order valence-electron chi connectivity index (χ2n) is 5.11. The van der Waals surface area contributed by atoms with Crippen molar-refractivity contribution < 1.29 is 14.7 Å². The average molecular weight is 283 g/mol. The van der Waals surface area contributed by atoms with Crippen LogP contribution in [0.5, 0.6) is 0 Å². The molecular formula is C12H21N5O3. The summed E-state index contributed by atoms with van der Waals surface area (Å²) in [5, 5.41) is 18.8. The fourth-order valence-corrected chi connectivity index (χ4v) is 1.48. The lowest BCUT2D eigenvalue weighted by Gasteiger charge is -2.16. The Kier molecular flexibility index (Phi) is 6.10. The Bertz CT molecular complexity index is 458. The number of carbonyl (C=O) groups is 2. The maximum absolute atomic E-state index is 11.6. The van der Waals surface area contributed by atoms with E-state index >= 15 is 0 Å². The summed E-state index contributed by atoms with van der Waals surface area (Å²) in [6.07, 6.45) is 1.37. The molecule has 0 spiro atoms. The van der Waals surface area contributed by atoms with E-state index in [-0.39, 0.29) is 11.6 Å². The van der Waals surface area contributed by atoms with Gasteiger partial charge >= 0.3 is 5.97 Å². The van der Waals surface area contributed by atoms with Crippen LogP contribution in [0.4, 0.5) is 0 Å². The summed E-state index contributed by atoms with van der Waals surface area (Å²) < 4.78 is 1.45. The molecule has 8 nitrogen and oxygen atoms in total. The zero-order chi connectivity index (χ0) is 15.1.